The van der Waals surface area contributed by atoms with Crippen LogP contribution < -0.4 is 0 Å². The van der Waals surface area contributed by atoms with Crippen molar-refractivity contribution in [2.75, 3.05) is 6.61 Å². The maximum atomic E-state index is 11.7. The van der Waals surface area contributed by atoms with E-state index < -0.39 is 12.1 Å². The summed E-state index contributed by atoms with van der Waals surface area (Å²) in [5.74, 6) is -0.609. The van der Waals surface area contributed by atoms with Crippen molar-refractivity contribution in [3.05, 3.63) is 71.8 Å². The summed E-state index contributed by atoms with van der Waals surface area (Å²) >= 11 is 0. The Morgan fingerprint density at radius 3 is 2.21 bits per heavy atom. The number of carbonyl (C=O) groups is 1. The molecule has 0 aliphatic carbocycles. The van der Waals surface area contributed by atoms with Crippen molar-refractivity contribution in [1.29, 1.82) is 0 Å². The lowest BCUT2D eigenvalue weighted by atomic mass is 10.1. The molecular formula is C16H16O3. The zero-order chi connectivity index (χ0) is 13.5. The van der Waals surface area contributed by atoms with E-state index in [4.69, 9.17) is 4.74 Å². The molecule has 0 bridgehead atoms. The van der Waals surface area contributed by atoms with Crippen LogP contribution in [-0.4, -0.2) is 17.7 Å². The second-order valence-electron chi connectivity index (χ2n) is 4.22. The average molecular weight is 256 g/mol. The van der Waals surface area contributed by atoms with Gasteiger partial charge >= 0.3 is 5.97 Å². The molecule has 3 nitrogen and oxygen atoms in total. The van der Waals surface area contributed by atoms with E-state index in [-0.39, 0.29) is 6.61 Å². The summed E-state index contributed by atoms with van der Waals surface area (Å²) in [6, 6.07) is 18.5. The zero-order valence-corrected chi connectivity index (χ0v) is 10.5. The normalized spacial score (nSPS) is 11.8. The molecule has 19 heavy (non-hydrogen) atoms. The first kappa shape index (κ1) is 13.3. The average Bonchev–Trinajstić information content (AvgIpc) is 2.48. The van der Waals surface area contributed by atoms with Gasteiger partial charge in [-0.15, -0.1) is 0 Å². The quantitative estimate of drug-likeness (QED) is 0.836. The second-order valence-corrected chi connectivity index (χ2v) is 4.22. The van der Waals surface area contributed by atoms with Crippen LogP contribution in [0.2, 0.25) is 0 Å². The SMILES string of the molecule is O=C(OCCc1ccccc1)C(O)c1ccccc1. The monoisotopic (exact) mass is 256 g/mol. The van der Waals surface area contributed by atoms with Crippen LogP contribution in [0.25, 0.3) is 0 Å². The van der Waals surface area contributed by atoms with Crippen molar-refractivity contribution in [3.8, 4) is 0 Å². The Kier molecular flexibility index (Phi) is 4.70. The lowest BCUT2D eigenvalue weighted by molar-refractivity contribution is -0.153. The summed E-state index contributed by atoms with van der Waals surface area (Å²) in [6.07, 6.45) is -0.564. The number of aliphatic hydroxyl groups is 1. The van der Waals surface area contributed by atoms with Crippen molar-refractivity contribution in [2.24, 2.45) is 0 Å². The molecule has 0 amide bonds. The van der Waals surface area contributed by atoms with E-state index in [1.807, 2.05) is 36.4 Å². The minimum Gasteiger partial charge on any atom is -0.463 e. The van der Waals surface area contributed by atoms with Crippen molar-refractivity contribution < 1.29 is 14.6 Å². The minimum atomic E-state index is -1.21. The Labute approximate surface area is 112 Å². The molecule has 0 aromatic heterocycles. The molecule has 0 heterocycles. The van der Waals surface area contributed by atoms with E-state index in [1.54, 1.807) is 24.3 Å². The molecule has 0 radical (unpaired) electrons. The highest BCUT2D eigenvalue weighted by Crippen LogP contribution is 2.13. The molecule has 3 heteroatoms. The number of hydrogen-bond donors (Lipinski definition) is 1. The van der Waals surface area contributed by atoms with Gasteiger partial charge in [-0.1, -0.05) is 60.7 Å². The van der Waals surface area contributed by atoms with Crippen LogP contribution in [0.5, 0.6) is 0 Å². The van der Waals surface area contributed by atoms with Gasteiger partial charge in [0.1, 0.15) is 0 Å². The van der Waals surface area contributed by atoms with Crippen molar-refractivity contribution >= 4 is 5.97 Å². The first-order valence-electron chi connectivity index (χ1n) is 6.21. The number of rotatable bonds is 5. The van der Waals surface area contributed by atoms with Crippen LogP contribution in [0.3, 0.4) is 0 Å². The van der Waals surface area contributed by atoms with E-state index in [1.165, 1.54) is 0 Å². The molecule has 0 aliphatic heterocycles. The summed E-state index contributed by atoms with van der Waals surface area (Å²) in [5.41, 5.74) is 1.65. The van der Waals surface area contributed by atoms with Gasteiger partial charge in [0.15, 0.2) is 6.10 Å². The number of ether oxygens (including phenoxy) is 1. The molecule has 2 aromatic rings. The number of esters is 1. The second kappa shape index (κ2) is 6.71. The lowest BCUT2D eigenvalue weighted by Crippen LogP contribution is -2.16. The fourth-order valence-corrected chi connectivity index (χ4v) is 1.76. The van der Waals surface area contributed by atoms with Crippen molar-refractivity contribution in [3.63, 3.8) is 0 Å². The first-order chi connectivity index (χ1) is 9.27. The maximum absolute atomic E-state index is 11.7. The predicted molar refractivity (Wildman–Crippen MR) is 72.5 cm³/mol. The smallest absolute Gasteiger partial charge is 0.339 e. The van der Waals surface area contributed by atoms with Crippen LogP contribution >= 0.6 is 0 Å². The minimum absolute atomic E-state index is 0.271. The van der Waals surface area contributed by atoms with E-state index in [2.05, 4.69) is 0 Å². The highest BCUT2D eigenvalue weighted by molar-refractivity contribution is 5.76. The summed E-state index contributed by atoms with van der Waals surface area (Å²) < 4.78 is 5.07. The third-order valence-electron chi connectivity index (χ3n) is 2.82. The standard InChI is InChI=1S/C16H16O3/c17-15(14-9-5-2-6-10-14)16(18)19-12-11-13-7-3-1-4-8-13/h1-10,15,17H,11-12H2. The van der Waals surface area contributed by atoms with Gasteiger partial charge in [0.2, 0.25) is 0 Å². The molecule has 0 fully saturated rings. The highest BCUT2D eigenvalue weighted by atomic mass is 16.5. The number of hydrogen-bond acceptors (Lipinski definition) is 3. The zero-order valence-electron chi connectivity index (χ0n) is 10.5. The van der Waals surface area contributed by atoms with Crippen LogP contribution in [0.1, 0.15) is 17.2 Å². The number of benzene rings is 2. The molecule has 1 unspecified atom stereocenters. The molecule has 0 aliphatic rings. The maximum Gasteiger partial charge on any atom is 0.339 e. The van der Waals surface area contributed by atoms with E-state index in [0.29, 0.717) is 12.0 Å². The van der Waals surface area contributed by atoms with Crippen molar-refractivity contribution in [2.45, 2.75) is 12.5 Å². The third-order valence-corrected chi connectivity index (χ3v) is 2.82. The van der Waals surface area contributed by atoms with E-state index >= 15 is 0 Å². The molecule has 2 aromatic carbocycles. The van der Waals surface area contributed by atoms with Crippen molar-refractivity contribution in [1.82, 2.24) is 0 Å². The van der Waals surface area contributed by atoms with Crippen LogP contribution in [0, 0.1) is 0 Å². The molecule has 0 saturated carbocycles. The van der Waals surface area contributed by atoms with Gasteiger partial charge < -0.3 is 9.84 Å². The van der Waals surface area contributed by atoms with Gasteiger partial charge in [-0.05, 0) is 11.1 Å². The van der Waals surface area contributed by atoms with Crippen LogP contribution in [0.4, 0.5) is 0 Å². The molecule has 0 saturated heterocycles. The van der Waals surface area contributed by atoms with Gasteiger partial charge in [-0.2, -0.15) is 0 Å². The molecule has 1 N–H and O–H groups in total. The summed E-state index contributed by atoms with van der Waals surface area (Å²) in [6.45, 7) is 0.271. The molecule has 0 spiro atoms. The van der Waals surface area contributed by atoms with Crippen LogP contribution in [-0.2, 0) is 16.0 Å². The topological polar surface area (TPSA) is 46.5 Å². The van der Waals surface area contributed by atoms with E-state index in [9.17, 15) is 9.90 Å². The summed E-state index contributed by atoms with van der Waals surface area (Å²) in [5, 5.41) is 9.81. The Bertz CT molecular complexity index is 508. The summed E-state index contributed by atoms with van der Waals surface area (Å²) in [7, 11) is 0. The van der Waals surface area contributed by atoms with Gasteiger partial charge in [0.25, 0.3) is 0 Å². The highest BCUT2D eigenvalue weighted by Gasteiger charge is 2.18. The predicted octanol–water partition coefficient (Wildman–Crippen LogP) is 2.51. The largest absolute Gasteiger partial charge is 0.463 e. The van der Waals surface area contributed by atoms with E-state index in [0.717, 1.165) is 5.56 Å². The molecular weight excluding hydrogens is 240 g/mol. The van der Waals surface area contributed by atoms with Gasteiger partial charge in [-0.3, -0.25) is 0 Å². The number of aliphatic hydroxyl groups excluding tert-OH is 1. The Hall–Kier alpha value is -2.13. The van der Waals surface area contributed by atoms with Gasteiger partial charge in [-0.25, -0.2) is 4.79 Å². The fourth-order valence-electron chi connectivity index (χ4n) is 1.76. The molecule has 1 atom stereocenters. The van der Waals surface area contributed by atoms with Crippen LogP contribution in [0.15, 0.2) is 60.7 Å². The van der Waals surface area contributed by atoms with Gasteiger partial charge in [0.05, 0.1) is 6.61 Å². The Morgan fingerprint density at radius 2 is 1.58 bits per heavy atom. The number of carbonyl (C=O) groups excluding carboxylic acids is 1. The lowest BCUT2D eigenvalue weighted by Gasteiger charge is -2.10. The summed E-state index contributed by atoms with van der Waals surface area (Å²) in [4.78, 5) is 11.7. The first-order valence-corrected chi connectivity index (χ1v) is 6.21. The molecule has 2 rings (SSSR count). The molecule has 98 valence electrons. The fraction of sp³-hybridized carbons (Fsp3) is 0.188. The Morgan fingerprint density at radius 1 is 1.00 bits per heavy atom. The Balaban J connectivity index is 1.82. The third kappa shape index (κ3) is 3.93. The van der Waals surface area contributed by atoms with Gasteiger partial charge in [0, 0.05) is 6.42 Å².